The molecule has 1 aliphatic heterocycles. The van der Waals surface area contributed by atoms with Gasteiger partial charge >= 0.3 is 0 Å². The van der Waals surface area contributed by atoms with E-state index in [1.54, 1.807) is 18.1 Å². The van der Waals surface area contributed by atoms with Gasteiger partial charge in [-0.3, -0.25) is 4.79 Å². The van der Waals surface area contributed by atoms with Crippen LogP contribution >= 0.6 is 0 Å². The highest BCUT2D eigenvalue weighted by atomic mass is 16.5. The molecule has 2 N–H and O–H groups in total. The summed E-state index contributed by atoms with van der Waals surface area (Å²) in [4.78, 5) is 18.1. The van der Waals surface area contributed by atoms with E-state index in [0.29, 0.717) is 25.3 Å². The quantitative estimate of drug-likeness (QED) is 0.871. The summed E-state index contributed by atoms with van der Waals surface area (Å²) in [6.07, 6.45) is 1.23. The maximum atomic E-state index is 11.9. The summed E-state index contributed by atoms with van der Waals surface area (Å²) in [5.41, 5.74) is 6.96. The number of methoxy groups -OCH3 is 1. The topological polar surface area (TPSA) is 68.5 Å². The number of carbonyl (C=O) groups is 1. The molecule has 0 bridgehead atoms. The molecule has 1 aliphatic rings. The lowest BCUT2D eigenvalue weighted by Gasteiger charge is -2.38. The number of hydrogen-bond donors (Lipinski definition) is 1. The van der Waals surface area contributed by atoms with Gasteiger partial charge in [0, 0.05) is 25.1 Å². The molecule has 18 heavy (non-hydrogen) atoms. The van der Waals surface area contributed by atoms with E-state index in [0.717, 1.165) is 5.69 Å². The Balaban J connectivity index is 2.34. The number of piperidine rings is 1. The summed E-state index contributed by atoms with van der Waals surface area (Å²) < 4.78 is 5.12. The van der Waals surface area contributed by atoms with E-state index < -0.39 is 0 Å². The lowest BCUT2D eigenvalue weighted by molar-refractivity contribution is -0.137. The fourth-order valence-corrected chi connectivity index (χ4v) is 2.44. The Labute approximate surface area is 107 Å². The van der Waals surface area contributed by atoms with Gasteiger partial charge in [0.25, 0.3) is 0 Å². The molecule has 2 heterocycles. The predicted octanol–water partition coefficient (Wildman–Crippen LogP) is 1.10. The van der Waals surface area contributed by atoms with Crippen LogP contribution in [0.4, 0.5) is 0 Å². The zero-order chi connectivity index (χ0) is 13.1. The highest BCUT2D eigenvalue weighted by molar-refractivity contribution is 5.77. The van der Waals surface area contributed by atoms with Crippen molar-refractivity contribution in [1.82, 2.24) is 9.88 Å². The number of pyridine rings is 1. The van der Waals surface area contributed by atoms with Gasteiger partial charge in [-0.2, -0.15) is 0 Å². The van der Waals surface area contributed by atoms with Crippen LogP contribution in [0.25, 0.3) is 0 Å². The Morgan fingerprint density at radius 2 is 2.33 bits per heavy atom. The van der Waals surface area contributed by atoms with Gasteiger partial charge in [0.1, 0.15) is 0 Å². The van der Waals surface area contributed by atoms with E-state index in [2.05, 4.69) is 4.98 Å². The summed E-state index contributed by atoms with van der Waals surface area (Å²) in [5.74, 6) is 0.697. The van der Waals surface area contributed by atoms with E-state index in [1.165, 1.54) is 0 Å². The summed E-state index contributed by atoms with van der Waals surface area (Å²) in [6, 6.07) is 5.35. The van der Waals surface area contributed by atoms with Crippen LogP contribution in [0.5, 0.6) is 5.88 Å². The van der Waals surface area contributed by atoms with Crippen LogP contribution in [0.15, 0.2) is 18.2 Å². The third-order valence-corrected chi connectivity index (χ3v) is 3.35. The van der Waals surface area contributed by atoms with Crippen molar-refractivity contribution in [3.8, 4) is 5.88 Å². The summed E-state index contributed by atoms with van der Waals surface area (Å²) in [7, 11) is 1.58. The molecule has 0 aliphatic carbocycles. The fraction of sp³-hybridized carbons (Fsp3) is 0.538. The normalized spacial score (nSPS) is 24.2. The molecule has 1 saturated heterocycles. The number of nitrogens with two attached hydrogens (primary N) is 1. The number of hydrogen-bond acceptors (Lipinski definition) is 4. The van der Waals surface area contributed by atoms with Crippen LogP contribution in [0.3, 0.4) is 0 Å². The minimum absolute atomic E-state index is 0.0674. The van der Waals surface area contributed by atoms with Crippen LogP contribution in [0.1, 0.15) is 31.5 Å². The SMILES string of the molecule is CCN1C(=O)CCC(N)C1c1cccc(OC)n1. The van der Waals surface area contributed by atoms with E-state index >= 15 is 0 Å². The van der Waals surface area contributed by atoms with Crippen molar-refractivity contribution in [1.29, 1.82) is 0 Å². The standard InChI is InChI=1S/C13H19N3O2/c1-3-16-12(17)8-7-9(14)13(16)10-5-4-6-11(15-10)18-2/h4-6,9,13H,3,7-8,14H2,1-2H3. The Kier molecular flexibility index (Phi) is 3.81. The van der Waals surface area contributed by atoms with Crippen LogP contribution < -0.4 is 10.5 Å². The Bertz CT molecular complexity index is 436. The molecule has 1 fully saturated rings. The van der Waals surface area contributed by atoms with Crippen molar-refractivity contribution in [2.24, 2.45) is 5.73 Å². The monoisotopic (exact) mass is 249 g/mol. The van der Waals surface area contributed by atoms with Gasteiger partial charge in [0.2, 0.25) is 11.8 Å². The number of nitrogens with zero attached hydrogens (tertiary/aromatic N) is 2. The van der Waals surface area contributed by atoms with Gasteiger partial charge in [-0.15, -0.1) is 0 Å². The second kappa shape index (κ2) is 5.35. The minimum atomic E-state index is -0.147. The van der Waals surface area contributed by atoms with Gasteiger partial charge in [-0.1, -0.05) is 6.07 Å². The van der Waals surface area contributed by atoms with Gasteiger partial charge in [-0.25, -0.2) is 4.98 Å². The number of rotatable bonds is 3. The number of carbonyl (C=O) groups excluding carboxylic acids is 1. The molecule has 1 aromatic rings. The van der Waals surface area contributed by atoms with Crippen molar-refractivity contribution in [2.45, 2.75) is 31.8 Å². The van der Waals surface area contributed by atoms with Gasteiger partial charge < -0.3 is 15.4 Å². The van der Waals surface area contributed by atoms with Gasteiger partial charge in [0.05, 0.1) is 18.8 Å². The van der Waals surface area contributed by atoms with E-state index in [1.807, 2.05) is 19.1 Å². The molecule has 1 aromatic heterocycles. The second-order valence-corrected chi connectivity index (χ2v) is 4.43. The first kappa shape index (κ1) is 12.8. The smallest absolute Gasteiger partial charge is 0.223 e. The molecule has 0 saturated carbocycles. The Morgan fingerprint density at radius 1 is 1.56 bits per heavy atom. The van der Waals surface area contributed by atoms with Gasteiger partial charge in [0.15, 0.2) is 0 Å². The minimum Gasteiger partial charge on any atom is -0.481 e. The second-order valence-electron chi connectivity index (χ2n) is 4.43. The fourth-order valence-electron chi connectivity index (χ4n) is 2.44. The van der Waals surface area contributed by atoms with Gasteiger partial charge in [-0.05, 0) is 19.4 Å². The lowest BCUT2D eigenvalue weighted by atomic mass is 9.93. The van der Waals surface area contributed by atoms with E-state index in [9.17, 15) is 4.79 Å². The molecule has 1 amide bonds. The molecule has 98 valence electrons. The molecule has 2 atom stereocenters. The molecule has 0 radical (unpaired) electrons. The predicted molar refractivity (Wildman–Crippen MR) is 68.1 cm³/mol. The first-order chi connectivity index (χ1) is 8.67. The molecular formula is C13H19N3O2. The zero-order valence-electron chi connectivity index (χ0n) is 10.8. The van der Waals surface area contributed by atoms with Crippen molar-refractivity contribution >= 4 is 5.91 Å². The molecule has 5 nitrogen and oxygen atoms in total. The molecule has 2 rings (SSSR count). The molecule has 5 heteroatoms. The first-order valence-corrected chi connectivity index (χ1v) is 6.23. The van der Waals surface area contributed by atoms with Crippen LogP contribution in [0, 0.1) is 0 Å². The highest BCUT2D eigenvalue weighted by Crippen LogP contribution is 2.30. The van der Waals surface area contributed by atoms with E-state index in [-0.39, 0.29) is 18.0 Å². The maximum absolute atomic E-state index is 11.9. The average Bonchev–Trinajstić information content (AvgIpc) is 2.41. The number of amides is 1. The van der Waals surface area contributed by atoms with Crippen molar-refractivity contribution < 1.29 is 9.53 Å². The zero-order valence-corrected chi connectivity index (χ0v) is 10.8. The van der Waals surface area contributed by atoms with Crippen molar-refractivity contribution in [3.63, 3.8) is 0 Å². The molecule has 2 unspecified atom stereocenters. The summed E-state index contributed by atoms with van der Waals surface area (Å²) in [6.45, 7) is 2.61. The maximum Gasteiger partial charge on any atom is 0.223 e. The number of likely N-dealkylation sites (tertiary alicyclic amines) is 1. The summed E-state index contributed by atoms with van der Waals surface area (Å²) >= 11 is 0. The Hall–Kier alpha value is -1.62. The van der Waals surface area contributed by atoms with Crippen LogP contribution in [-0.2, 0) is 4.79 Å². The van der Waals surface area contributed by atoms with Crippen LogP contribution in [0.2, 0.25) is 0 Å². The largest absolute Gasteiger partial charge is 0.481 e. The van der Waals surface area contributed by atoms with Crippen LogP contribution in [-0.4, -0.2) is 35.5 Å². The first-order valence-electron chi connectivity index (χ1n) is 6.23. The lowest BCUT2D eigenvalue weighted by Crippen LogP contribution is -2.48. The van der Waals surface area contributed by atoms with Crippen molar-refractivity contribution in [3.05, 3.63) is 23.9 Å². The molecule has 0 aromatic carbocycles. The average molecular weight is 249 g/mol. The molecule has 0 spiro atoms. The Morgan fingerprint density at radius 3 is 3.00 bits per heavy atom. The van der Waals surface area contributed by atoms with E-state index in [4.69, 9.17) is 10.5 Å². The number of likely N-dealkylation sites (N-methyl/N-ethyl adjacent to an activating group) is 1. The third-order valence-electron chi connectivity index (χ3n) is 3.35. The number of ether oxygens (including phenoxy) is 1. The van der Waals surface area contributed by atoms with Crippen molar-refractivity contribution in [2.75, 3.05) is 13.7 Å². The number of aromatic nitrogens is 1. The third kappa shape index (κ3) is 2.31. The highest BCUT2D eigenvalue weighted by Gasteiger charge is 2.34. The summed E-state index contributed by atoms with van der Waals surface area (Å²) in [5, 5.41) is 0. The molecular weight excluding hydrogens is 230 g/mol.